The lowest BCUT2D eigenvalue weighted by Crippen LogP contribution is -2.25. The summed E-state index contributed by atoms with van der Waals surface area (Å²) in [6.45, 7) is 1.71. The van der Waals surface area contributed by atoms with Gasteiger partial charge in [0.15, 0.2) is 0 Å². The van der Waals surface area contributed by atoms with Crippen LogP contribution in [0.15, 0.2) is 78.9 Å². The molecule has 202 valence electrons. The highest BCUT2D eigenvalue weighted by Crippen LogP contribution is 2.47. The van der Waals surface area contributed by atoms with Gasteiger partial charge in [0.1, 0.15) is 5.75 Å². The van der Waals surface area contributed by atoms with Gasteiger partial charge in [-0.05, 0) is 61.4 Å². The summed E-state index contributed by atoms with van der Waals surface area (Å²) >= 11 is 0. The zero-order chi connectivity index (χ0) is 27.1. The van der Waals surface area contributed by atoms with Gasteiger partial charge in [0, 0.05) is 30.6 Å². The van der Waals surface area contributed by atoms with Crippen molar-refractivity contribution < 1.29 is 17.9 Å². The lowest BCUT2D eigenvalue weighted by atomic mass is 10.1. The third kappa shape index (κ3) is 7.82. The van der Waals surface area contributed by atoms with E-state index < -0.39 is 15.9 Å². The SMILES string of the molecule is CN(c1cc(OCC2CC2c2ccccc2)cc(C(N)=O)c1)S(C)(=O)=O.c1ccc(C[C@H]2CCCN2)cc1. The number of primary amides is 1. The topological polar surface area (TPSA) is 102 Å². The molecular formula is C30H37N3O4S. The third-order valence-corrected chi connectivity index (χ3v) is 8.34. The van der Waals surface area contributed by atoms with E-state index in [9.17, 15) is 13.2 Å². The minimum Gasteiger partial charge on any atom is -0.493 e. The van der Waals surface area contributed by atoms with E-state index in [-0.39, 0.29) is 5.56 Å². The maximum Gasteiger partial charge on any atom is 0.248 e. The average molecular weight is 536 g/mol. The maximum atomic E-state index is 11.8. The van der Waals surface area contributed by atoms with Crippen LogP contribution < -0.4 is 20.1 Å². The van der Waals surface area contributed by atoms with Gasteiger partial charge in [-0.15, -0.1) is 0 Å². The predicted octanol–water partition coefficient (Wildman–Crippen LogP) is 4.34. The van der Waals surface area contributed by atoms with Crippen LogP contribution in [0.1, 0.15) is 46.7 Å². The Hall–Kier alpha value is -3.36. The van der Waals surface area contributed by atoms with E-state index in [1.807, 2.05) is 18.2 Å². The number of sulfonamides is 1. The van der Waals surface area contributed by atoms with Crippen molar-refractivity contribution in [1.82, 2.24) is 5.32 Å². The van der Waals surface area contributed by atoms with Crippen LogP contribution in [0, 0.1) is 5.92 Å². The molecule has 5 rings (SSSR count). The predicted molar refractivity (Wildman–Crippen MR) is 152 cm³/mol. The molecule has 8 heteroatoms. The van der Waals surface area contributed by atoms with E-state index in [4.69, 9.17) is 10.5 Å². The summed E-state index contributed by atoms with van der Waals surface area (Å²) in [6, 6.07) is 26.3. The zero-order valence-corrected chi connectivity index (χ0v) is 22.9. The molecule has 0 spiro atoms. The van der Waals surface area contributed by atoms with Gasteiger partial charge in [-0.3, -0.25) is 9.10 Å². The molecule has 7 nitrogen and oxygen atoms in total. The van der Waals surface area contributed by atoms with Gasteiger partial charge >= 0.3 is 0 Å². The van der Waals surface area contributed by atoms with Crippen molar-refractivity contribution in [2.75, 3.05) is 30.8 Å². The maximum absolute atomic E-state index is 11.8. The molecule has 2 aliphatic rings. The Morgan fingerprint density at radius 2 is 1.74 bits per heavy atom. The van der Waals surface area contributed by atoms with E-state index in [1.54, 1.807) is 12.1 Å². The first-order valence-electron chi connectivity index (χ1n) is 13.0. The quantitative estimate of drug-likeness (QED) is 0.424. The molecule has 2 unspecified atom stereocenters. The van der Waals surface area contributed by atoms with Crippen LogP contribution in [-0.4, -0.2) is 46.8 Å². The highest BCUT2D eigenvalue weighted by Gasteiger charge is 2.38. The molecule has 0 bridgehead atoms. The van der Waals surface area contributed by atoms with Crippen LogP contribution in [0.5, 0.6) is 5.75 Å². The van der Waals surface area contributed by atoms with Crippen LogP contribution in [0.2, 0.25) is 0 Å². The number of amides is 1. The van der Waals surface area contributed by atoms with E-state index >= 15 is 0 Å². The zero-order valence-electron chi connectivity index (χ0n) is 22.0. The van der Waals surface area contributed by atoms with E-state index in [2.05, 4.69) is 47.8 Å². The first-order valence-corrected chi connectivity index (χ1v) is 14.9. The Morgan fingerprint density at radius 1 is 1.05 bits per heavy atom. The Bertz CT molecular complexity index is 1310. The average Bonchev–Trinajstić information content (AvgIpc) is 3.52. The Morgan fingerprint density at radius 3 is 2.34 bits per heavy atom. The number of nitrogens with one attached hydrogen (secondary N) is 1. The molecule has 38 heavy (non-hydrogen) atoms. The van der Waals surface area contributed by atoms with Gasteiger partial charge in [0.05, 0.1) is 18.6 Å². The minimum absolute atomic E-state index is 0.211. The lowest BCUT2D eigenvalue weighted by molar-refractivity contribution is 0.1000. The molecule has 3 N–H and O–H groups in total. The van der Waals surface area contributed by atoms with Crippen molar-refractivity contribution in [3.05, 3.63) is 95.6 Å². The number of hydrogen-bond acceptors (Lipinski definition) is 5. The van der Waals surface area contributed by atoms with Crippen molar-refractivity contribution in [2.24, 2.45) is 11.7 Å². The number of benzene rings is 3. The monoisotopic (exact) mass is 535 g/mol. The fourth-order valence-corrected chi connectivity index (χ4v) is 5.24. The van der Waals surface area contributed by atoms with Crippen molar-refractivity contribution >= 4 is 21.6 Å². The molecule has 1 saturated carbocycles. The number of carbonyl (C=O) groups excluding carboxylic acids is 1. The van der Waals surface area contributed by atoms with Crippen LogP contribution in [0.4, 0.5) is 5.69 Å². The van der Waals surface area contributed by atoms with Crippen molar-refractivity contribution in [1.29, 1.82) is 0 Å². The normalized spacial score (nSPS) is 20.2. The molecule has 0 radical (unpaired) electrons. The smallest absolute Gasteiger partial charge is 0.248 e. The largest absolute Gasteiger partial charge is 0.493 e. The summed E-state index contributed by atoms with van der Waals surface area (Å²) in [5.41, 5.74) is 8.67. The molecule has 3 atom stereocenters. The summed E-state index contributed by atoms with van der Waals surface area (Å²) in [6.07, 6.45) is 6.03. The number of hydrogen-bond donors (Lipinski definition) is 2. The second kappa shape index (κ2) is 12.5. The summed E-state index contributed by atoms with van der Waals surface area (Å²) in [5.74, 6) is 0.692. The number of nitrogens with two attached hydrogens (primary N) is 1. The van der Waals surface area contributed by atoms with Crippen LogP contribution in [-0.2, 0) is 16.4 Å². The van der Waals surface area contributed by atoms with Crippen LogP contribution in [0.25, 0.3) is 0 Å². The summed E-state index contributed by atoms with van der Waals surface area (Å²) in [5, 5.41) is 3.51. The molecule has 1 aliphatic heterocycles. The fourth-order valence-electron chi connectivity index (χ4n) is 4.76. The molecule has 1 heterocycles. The van der Waals surface area contributed by atoms with Gasteiger partial charge in [-0.2, -0.15) is 0 Å². The molecule has 1 aliphatic carbocycles. The second-order valence-corrected chi connectivity index (χ2v) is 12.1. The van der Waals surface area contributed by atoms with E-state index in [0.29, 0.717) is 29.9 Å². The number of ether oxygens (including phenoxy) is 1. The van der Waals surface area contributed by atoms with Crippen molar-refractivity contribution in [3.63, 3.8) is 0 Å². The first kappa shape index (κ1) is 27.7. The van der Waals surface area contributed by atoms with Gasteiger partial charge in [-0.1, -0.05) is 60.7 Å². The summed E-state index contributed by atoms with van der Waals surface area (Å²) < 4.78 is 30.5. The minimum atomic E-state index is -3.45. The molecule has 1 saturated heterocycles. The van der Waals surface area contributed by atoms with E-state index in [1.165, 1.54) is 50.0 Å². The molecular weight excluding hydrogens is 498 g/mol. The summed E-state index contributed by atoms with van der Waals surface area (Å²) in [4.78, 5) is 11.6. The first-order chi connectivity index (χ1) is 18.2. The second-order valence-electron chi connectivity index (χ2n) is 10.1. The molecule has 1 amide bonds. The Balaban J connectivity index is 0.000000232. The Labute approximate surface area is 226 Å². The highest BCUT2D eigenvalue weighted by molar-refractivity contribution is 7.92. The lowest BCUT2D eigenvalue weighted by Gasteiger charge is -2.18. The van der Waals surface area contributed by atoms with E-state index in [0.717, 1.165) is 23.0 Å². The number of carbonyl (C=O) groups is 1. The number of rotatable bonds is 9. The molecule has 2 fully saturated rings. The van der Waals surface area contributed by atoms with Gasteiger partial charge in [0.25, 0.3) is 0 Å². The van der Waals surface area contributed by atoms with Crippen LogP contribution >= 0.6 is 0 Å². The highest BCUT2D eigenvalue weighted by atomic mass is 32.2. The molecule has 0 aromatic heterocycles. The molecule has 3 aromatic rings. The molecule has 3 aromatic carbocycles. The van der Waals surface area contributed by atoms with Gasteiger partial charge < -0.3 is 15.8 Å². The Kier molecular flexibility index (Phi) is 9.07. The van der Waals surface area contributed by atoms with Crippen LogP contribution in [0.3, 0.4) is 0 Å². The summed E-state index contributed by atoms with van der Waals surface area (Å²) in [7, 11) is -2.03. The van der Waals surface area contributed by atoms with Gasteiger partial charge in [-0.25, -0.2) is 8.42 Å². The third-order valence-electron chi connectivity index (χ3n) is 7.14. The number of anilines is 1. The fraction of sp³-hybridized carbons (Fsp3) is 0.367. The standard InChI is InChI=1S/C19H22N2O4S.C11H15N/c1-21(26(2,23)24)16-8-14(19(20)22)9-17(11-16)25-12-15-10-18(15)13-6-4-3-5-7-13;1-2-5-10(6-3-1)9-11-7-4-8-12-11/h3-9,11,15,18H,10,12H2,1-2H3,(H2,20,22);1-3,5-6,11-12H,4,7-9H2/t;11-/m.1/s1. The van der Waals surface area contributed by atoms with Crippen molar-refractivity contribution in [2.45, 2.75) is 37.6 Å². The van der Waals surface area contributed by atoms with Gasteiger partial charge in [0.2, 0.25) is 15.9 Å². The number of nitrogens with zero attached hydrogens (tertiary/aromatic N) is 1. The van der Waals surface area contributed by atoms with Crippen molar-refractivity contribution in [3.8, 4) is 5.75 Å².